The molecule has 0 aromatic heterocycles. The van der Waals surface area contributed by atoms with E-state index in [1.807, 2.05) is 35.0 Å². The summed E-state index contributed by atoms with van der Waals surface area (Å²) in [4.78, 5) is 38.3. The van der Waals surface area contributed by atoms with E-state index in [4.69, 9.17) is 23.3 Å². The molecular formula is C46H90N2O10P. The van der Waals surface area contributed by atoms with Crippen molar-refractivity contribution in [1.29, 1.82) is 0 Å². The smallest absolute Gasteiger partial charge is 0.306 e. The van der Waals surface area contributed by atoms with Crippen molar-refractivity contribution in [1.82, 2.24) is 5.06 Å². The first-order chi connectivity index (χ1) is 28.1. The van der Waals surface area contributed by atoms with Crippen molar-refractivity contribution in [3.05, 3.63) is 0 Å². The Morgan fingerprint density at radius 1 is 0.661 bits per heavy atom. The van der Waals surface area contributed by atoms with E-state index in [0.29, 0.717) is 43.3 Å². The Bertz CT molecular complexity index is 1120. The Morgan fingerprint density at radius 3 is 1.56 bits per heavy atom. The van der Waals surface area contributed by atoms with Crippen molar-refractivity contribution in [3.63, 3.8) is 0 Å². The summed E-state index contributed by atoms with van der Waals surface area (Å²) in [6.45, 7) is 8.06. The molecule has 1 fully saturated rings. The fourth-order valence-corrected chi connectivity index (χ4v) is 8.30. The number of unbranched alkanes of at least 4 members (excludes halogenated alkanes) is 22. The summed E-state index contributed by atoms with van der Waals surface area (Å²) in [5.74, 6) is -1.03. The minimum atomic E-state index is -4.69. The first-order valence-electron chi connectivity index (χ1n) is 23.9. The van der Waals surface area contributed by atoms with Crippen molar-refractivity contribution in [2.45, 2.75) is 231 Å². The second-order valence-corrected chi connectivity index (χ2v) is 20.3. The van der Waals surface area contributed by atoms with Gasteiger partial charge in [-0.25, -0.2) is 0 Å². The number of quaternary nitrogens is 1. The van der Waals surface area contributed by atoms with Crippen LogP contribution in [-0.4, -0.2) is 93.0 Å². The molecule has 3 atom stereocenters. The van der Waals surface area contributed by atoms with Gasteiger partial charge in [-0.2, -0.15) is 0 Å². The van der Waals surface area contributed by atoms with E-state index < -0.39 is 43.7 Å². The van der Waals surface area contributed by atoms with Gasteiger partial charge < -0.3 is 32.6 Å². The van der Waals surface area contributed by atoms with Gasteiger partial charge in [-0.05, 0) is 46.0 Å². The maximum Gasteiger partial charge on any atom is 0.306 e. The van der Waals surface area contributed by atoms with E-state index in [-0.39, 0.29) is 26.1 Å². The van der Waals surface area contributed by atoms with Gasteiger partial charge in [-0.3, -0.25) is 14.2 Å². The van der Waals surface area contributed by atoms with Crippen molar-refractivity contribution >= 4 is 19.8 Å². The van der Waals surface area contributed by atoms with E-state index in [2.05, 4.69) is 13.8 Å². The third kappa shape index (κ3) is 29.0. The maximum atomic E-state index is 13.5. The highest BCUT2D eigenvalue weighted by Gasteiger charge is 2.52. The van der Waals surface area contributed by atoms with E-state index >= 15 is 0 Å². The summed E-state index contributed by atoms with van der Waals surface area (Å²) in [5, 5.41) is 14.5. The summed E-state index contributed by atoms with van der Waals surface area (Å²) >= 11 is 0. The second kappa shape index (κ2) is 32.5. The summed E-state index contributed by atoms with van der Waals surface area (Å²) in [6, 6.07) is 0. The predicted molar refractivity (Wildman–Crippen MR) is 234 cm³/mol. The summed E-state index contributed by atoms with van der Waals surface area (Å²) in [7, 11) is 1.05. The zero-order valence-electron chi connectivity index (χ0n) is 39.0. The number of nitrogens with zero attached hydrogens (tertiary/aromatic N) is 2. The molecule has 1 saturated heterocycles. The minimum absolute atomic E-state index is 0.0337. The Balaban J connectivity index is 2.56. The topological polar surface area (TPSA) is 144 Å². The Labute approximate surface area is 361 Å². The number of phosphoric ester groups is 1. The van der Waals surface area contributed by atoms with E-state index in [0.717, 1.165) is 43.6 Å². The van der Waals surface area contributed by atoms with Gasteiger partial charge in [0.1, 0.15) is 25.5 Å². The third-order valence-electron chi connectivity index (χ3n) is 11.4. The van der Waals surface area contributed by atoms with Gasteiger partial charge in [-0.1, -0.05) is 155 Å². The highest BCUT2D eigenvalue weighted by molar-refractivity contribution is 7.45. The SMILES string of the molecule is CCCCCCCCCCCCCCCCCC(=O)O[C@@H](COC(=O)CCCC1(CCCCCCCCCCC)OCC(C)(C)N1[O])COP(=O)([O-])OCC[N+](C)(C)C. The average Bonchev–Trinajstić information content (AvgIpc) is 3.39. The summed E-state index contributed by atoms with van der Waals surface area (Å²) in [6.07, 6.45) is 29.3. The third-order valence-corrected chi connectivity index (χ3v) is 12.3. The number of likely N-dealkylation sites (N-methyl/N-ethyl adjacent to an activating group) is 1. The maximum absolute atomic E-state index is 13.5. The fourth-order valence-electron chi connectivity index (χ4n) is 7.57. The first kappa shape index (κ1) is 55.9. The van der Waals surface area contributed by atoms with Crippen LogP contribution in [-0.2, 0) is 42.6 Å². The van der Waals surface area contributed by atoms with Crippen LogP contribution in [0.2, 0.25) is 0 Å². The number of phosphoric acid groups is 1. The van der Waals surface area contributed by atoms with Crippen molar-refractivity contribution < 1.29 is 52.0 Å². The lowest BCUT2D eigenvalue weighted by atomic mass is 9.95. The van der Waals surface area contributed by atoms with Gasteiger partial charge in [0.2, 0.25) is 0 Å². The molecule has 0 aliphatic carbocycles. The molecule has 1 radical (unpaired) electrons. The van der Waals surface area contributed by atoms with Crippen LogP contribution in [0.4, 0.5) is 0 Å². The molecule has 1 aliphatic heterocycles. The molecule has 0 bridgehead atoms. The molecule has 0 amide bonds. The molecule has 1 aliphatic rings. The van der Waals surface area contributed by atoms with Crippen LogP contribution in [0.15, 0.2) is 0 Å². The van der Waals surface area contributed by atoms with E-state index in [1.165, 1.54) is 109 Å². The van der Waals surface area contributed by atoms with E-state index in [1.54, 1.807) is 0 Å². The highest BCUT2D eigenvalue weighted by atomic mass is 31.2. The monoisotopic (exact) mass is 862 g/mol. The van der Waals surface area contributed by atoms with Gasteiger partial charge in [0.15, 0.2) is 6.10 Å². The number of carbonyl (C=O) groups excluding carboxylic acids is 2. The minimum Gasteiger partial charge on any atom is -0.756 e. The number of hydrogen-bond acceptors (Lipinski definition) is 10. The van der Waals surface area contributed by atoms with Crippen molar-refractivity contribution in [3.8, 4) is 0 Å². The molecule has 0 aromatic carbocycles. The molecule has 0 saturated carbocycles. The van der Waals surface area contributed by atoms with Crippen molar-refractivity contribution in [2.24, 2.45) is 0 Å². The lowest BCUT2D eigenvalue weighted by molar-refractivity contribution is -0.870. The predicted octanol–water partition coefficient (Wildman–Crippen LogP) is 11.2. The average molecular weight is 862 g/mol. The lowest BCUT2D eigenvalue weighted by Gasteiger charge is -2.35. The first-order valence-corrected chi connectivity index (χ1v) is 25.4. The van der Waals surface area contributed by atoms with Gasteiger partial charge in [0.25, 0.3) is 7.82 Å². The number of esters is 2. The molecule has 0 aromatic rings. The fraction of sp³-hybridized carbons (Fsp3) is 0.957. The molecule has 12 nitrogen and oxygen atoms in total. The van der Waals surface area contributed by atoms with Crippen LogP contribution >= 0.6 is 7.82 Å². The number of hydrogen-bond donors (Lipinski definition) is 0. The largest absolute Gasteiger partial charge is 0.756 e. The Kier molecular flexibility index (Phi) is 30.8. The molecule has 1 heterocycles. The quantitative estimate of drug-likeness (QED) is 0.0253. The Morgan fingerprint density at radius 2 is 1.10 bits per heavy atom. The van der Waals surface area contributed by atoms with Crippen LogP contribution in [0, 0.1) is 0 Å². The molecule has 0 N–H and O–H groups in total. The number of hydroxylamine groups is 2. The summed E-state index contributed by atoms with van der Waals surface area (Å²) in [5.41, 5.74) is -1.63. The van der Waals surface area contributed by atoms with Crippen LogP contribution < -0.4 is 4.89 Å². The van der Waals surface area contributed by atoms with Crippen LogP contribution in [0.25, 0.3) is 0 Å². The van der Waals surface area contributed by atoms with Crippen LogP contribution in [0.3, 0.4) is 0 Å². The molecule has 2 unspecified atom stereocenters. The Hall–Kier alpha value is -1.11. The normalized spacial score (nSPS) is 18.5. The number of ether oxygens (including phenoxy) is 3. The van der Waals surface area contributed by atoms with Crippen molar-refractivity contribution in [2.75, 3.05) is 54.1 Å². The van der Waals surface area contributed by atoms with Gasteiger partial charge in [0.05, 0.1) is 39.9 Å². The van der Waals surface area contributed by atoms with Gasteiger partial charge in [-0.15, -0.1) is 10.3 Å². The summed E-state index contributed by atoms with van der Waals surface area (Å²) < 4.78 is 40.4. The van der Waals surface area contributed by atoms with E-state index in [9.17, 15) is 24.3 Å². The zero-order valence-corrected chi connectivity index (χ0v) is 39.9. The lowest BCUT2D eigenvalue weighted by Crippen LogP contribution is -2.49. The van der Waals surface area contributed by atoms with Crippen LogP contribution in [0.1, 0.15) is 214 Å². The van der Waals surface area contributed by atoms with Gasteiger partial charge >= 0.3 is 11.9 Å². The second-order valence-electron chi connectivity index (χ2n) is 18.9. The molecular weight excluding hydrogens is 771 g/mol. The molecule has 13 heteroatoms. The zero-order chi connectivity index (χ0) is 43.9. The molecule has 59 heavy (non-hydrogen) atoms. The molecule has 1 rings (SSSR count). The number of carbonyl (C=O) groups is 2. The standard InChI is InChI=1S/C46H90N2O10P/c1-8-10-12-14-16-18-19-20-21-22-23-24-26-28-30-33-44(50)58-42(40-57-59(52,53)56-38-37-48(5,6)7)39-54-43(49)34-32-36-46(47(51)45(3,4)41-55-46)35-31-29-27-25-17-15-13-11-9-2/h42H,8-41H2,1-7H3/t42-,46?/m0/s1. The van der Waals surface area contributed by atoms with Crippen LogP contribution in [0.5, 0.6) is 0 Å². The molecule has 0 spiro atoms. The molecule has 349 valence electrons. The number of rotatable bonds is 40. The van der Waals surface area contributed by atoms with Gasteiger partial charge in [0, 0.05) is 12.8 Å². The highest BCUT2D eigenvalue weighted by Crippen LogP contribution is 2.41.